The molecule has 1 aromatic heterocycles. The molecule has 0 bridgehead atoms. The van der Waals surface area contributed by atoms with Crippen LogP contribution in [0.3, 0.4) is 0 Å². The van der Waals surface area contributed by atoms with Crippen molar-refractivity contribution in [2.45, 2.75) is 26.9 Å². The van der Waals surface area contributed by atoms with Crippen molar-refractivity contribution in [2.75, 3.05) is 13.1 Å². The minimum atomic E-state index is 0.767. The van der Waals surface area contributed by atoms with Crippen molar-refractivity contribution in [3.63, 3.8) is 0 Å². The molecule has 0 aliphatic heterocycles. The first-order chi connectivity index (χ1) is 6.80. The van der Waals surface area contributed by atoms with Gasteiger partial charge in [-0.05, 0) is 25.2 Å². The van der Waals surface area contributed by atoms with E-state index in [0.29, 0.717) is 0 Å². The number of nitrogens with zero attached hydrogens (tertiary/aromatic N) is 1. The number of hydrogen-bond acceptors (Lipinski definition) is 4. The molecule has 0 unspecified atom stereocenters. The van der Waals surface area contributed by atoms with Crippen molar-refractivity contribution >= 4 is 11.3 Å². The fraction of sp³-hybridized carbons (Fsp3) is 0.600. The summed E-state index contributed by atoms with van der Waals surface area (Å²) in [7, 11) is 0. The molecule has 0 radical (unpaired) electrons. The number of hydrazine groups is 1. The van der Waals surface area contributed by atoms with Gasteiger partial charge in [-0.15, -0.1) is 11.3 Å². The van der Waals surface area contributed by atoms with Gasteiger partial charge in [-0.1, -0.05) is 13.8 Å². The van der Waals surface area contributed by atoms with Crippen molar-refractivity contribution in [2.24, 2.45) is 5.84 Å². The maximum absolute atomic E-state index is 5.27. The SMILES string of the molecule is CCN(CC)Cc1ccc(CNN)s1. The number of thiophene rings is 1. The average Bonchev–Trinajstić information content (AvgIpc) is 2.63. The average molecular weight is 213 g/mol. The summed E-state index contributed by atoms with van der Waals surface area (Å²) in [5.74, 6) is 5.27. The highest BCUT2D eigenvalue weighted by Gasteiger charge is 2.03. The van der Waals surface area contributed by atoms with E-state index < -0.39 is 0 Å². The monoisotopic (exact) mass is 213 g/mol. The highest BCUT2D eigenvalue weighted by atomic mass is 32.1. The molecule has 1 heterocycles. The predicted octanol–water partition coefficient (Wildman–Crippen LogP) is 1.55. The molecule has 0 fully saturated rings. The van der Waals surface area contributed by atoms with E-state index in [2.05, 4.69) is 36.3 Å². The Bertz CT molecular complexity index is 256. The van der Waals surface area contributed by atoms with E-state index >= 15 is 0 Å². The van der Waals surface area contributed by atoms with Crippen LogP contribution in [-0.2, 0) is 13.1 Å². The summed E-state index contributed by atoms with van der Waals surface area (Å²) >= 11 is 1.83. The van der Waals surface area contributed by atoms with Gasteiger partial charge >= 0.3 is 0 Å². The van der Waals surface area contributed by atoms with E-state index in [-0.39, 0.29) is 0 Å². The van der Waals surface area contributed by atoms with Gasteiger partial charge in [0.05, 0.1) is 0 Å². The Labute approximate surface area is 89.9 Å². The number of nitrogens with one attached hydrogen (secondary N) is 1. The molecule has 0 saturated heterocycles. The molecule has 0 amide bonds. The van der Waals surface area contributed by atoms with E-state index in [1.54, 1.807) is 0 Å². The number of nitrogens with two attached hydrogens (primary N) is 1. The molecule has 0 aromatic carbocycles. The standard InChI is InChI=1S/C10H19N3S/c1-3-13(4-2)8-10-6-5-9(14-10)7-12-11/h5-6,12H,3-4,7-8,11H2,1-2H3. The van der Waals surface area contributed by atoms with Gasteiger partial charge in [0.15, 0.2) is 0 Å². The largest absolute Gasteiger partial charge is 0.299 e. The molecule has 1 rings (SSSR count). The Hall–Kier alpha value is -0.420. The van der Waals surface area contributed by atoms with Crippen molar-refractivity contribution in [3.8, 4) is 0 Å². The smallest absolute Gasteiger partial charge is 0.0442 e. The van der Waals surface area contributed by atoms with Gasteiger partial charge in [-0.2, -0.15) is 0 Å². The first-order valence-electron chi connectivity index (χ1n) is 5.03. The normalized spacial score (nSPS) is 11.1. The number of hydrogen-bond donors (Lipinski definition) is 2. The van der Waals surface area contributed by atoms with Crippen molar-refractivity contribution in [1.29, 1.82) is 0 Å². The third-order valence-corrected chi connectivity index (χ3v) is 3.34. The van der Waals surface area contributed by atoms with Crippen LogP contribution in [0.25, 0.3) is 0 Å². The van der Waals surface area contributed by atoms with E-state index in [1.807, 2.05) is 11.3 Å². The lowest BCUT2D eigenvalue weighted by molar-refractivity contribution is 0.298. The predicted molar refractivity (Wildman–Crippen MR) is 62.0 cm³/mol. The second kappa shape index (κ2) is 6.14. The molecule has 0 aliphatic carbocycles. The van der Waals surface area contributed by atoms with Crippen molar-refractivity contribution < 1.29 is 0 Å². The highest BCUT2D eigenvalue weighted by Crippen LogP contribution is 2.17. The van der Waals surface area contributed by atoms with Gasteiger partial charge in [-0.3, -0.25) is 16.2 Å². The second-order valence-corrected chi connectivity index (χ2v) is 4.46. The summed E-state index contributed by atoms with van der Waals surface area (Å²) < 4.78 is 0. The Morgan fingerprint density at radius 3 is 2.50 bits per heavy atom. The lowest BCUT2D eigenvalue weighted by Crippen LogP contribution is -2.21. The quantitative estimate of drug-likeness (QED) is 0.556. The van der Waals surface area contributed by atoms with E-state index in [4.69, 9.17) is 5.84 Å². The van der Waals surface area contributed by atoms with Crippen LogP contribution in [0.5, 0.6) is 0 Å². The van der Waals surface area contributed by atoms with Gasteiger partial charge in [0.1, 0.15) is 0 Å². The van der Waals surface area contributed by atoms with Gasteiger partial charge < -0.3 is 0 Å². The zero-order chi connectivity index (χ0) is 10.4. The van der Waals surface area contributed by atoms with Gasteiger partial charge in [0.2, 0.25) is 0 Å². The lowest BCUT2D eigenvalue weighted by atomic mass is 10.4. The van der Waals surface area contributed by atoms with Crippen LogP contribution in [-0.4, -0.2) is 18.0 Å². The third kappa shape index (κ3) is 3.38. The van der Waals surface area contributed by atoms with Crippen molar-refractivity contribution in [3.05, 3.63) is 21.9 Å². The first kappa shape index (κ1) is 11.7. The van der Waals surface area contributed by atoms with Crippen LogP contribution < -0.4 is 11.3 Å². The van der Waals surface area contributed by atoms with Gasteiger partial charge in [0, 0.05) is 22.8 Å². The van der Waals surface area contributed by atoms with Crippen LogP contribution in [0, 0.1) is 0 Å². The van der Waals surface area contributed by atoms with Crippen LogP contribution in [0.2, 0.25) is 0 Å². The molecule has 3 N–H and O–H groups in total. The Kier molecular flexibility index (Phi) is 5.11. The Morgan fingerprint density at radius 1 is 1.29 bits per heavy atom. The zero-order valence-corrected chi connectivity index (χ0v) is 9.73. The molecule has 0 saturated carbocycles. The summed E-state index contributed by atoms with van der Waals surface area (Å²) in [6.07, 6.45) is 0. The molecule has 0 atom stereocenters. The summed E-state index contributed by atoms with van der Waals surface area (Å²) in [4.78, 5) is 5.12. The summed E-state index contributed by atoms with van der Waals surface area (Å²) in [6, 6.07) is 4.33. The number of rotatable bonds is 6. The van der Waals surface area contributed by atoms with E-state index in [0.717, 1.165) is 26.2 Å². The molecule has 3 nitrogen and oxygen atoms in total. The highest BCUT2D eigenvalue weighted by molar-refractivity contribution is 7.11. The van der Waals surface area contributed by atoms with Crippen LogP contribution in [0.15, 0.2) is 12.1 Å². The Morgan fingerprint density at radius 2 is 1.93 bits per heavy atom. The molecule has 1 aromatic rings. The van der Waals surface area contributed by atoms with Gasteiger partial charge in [0.25, 0.3) is 0 Å². The minimum Gasteiger partial charge on any atom is -0.299 e. The maximum Gasteiger partial charge on any atom is 0.0442 e. The molecule has 14 heavy (non-hydrogen) atoms. The van der Waals surface area contributed by atoms with Crippen LogP contribution in [0.1, 0.15) is 23.6 Å². The molecular weight excluding hydrogens is 194 g/mol. The molecule has 0 aliphatic rings. The summed E-state index contributed by atoms with van der Waals surface area (Å²) in [5, 5.41) is 0. The summed E-state index contributed by atoms with van der Waals surface area (Å²) in [6.45, 7) is 8.43. The topological polar surface area (TPSA) is 41.3 Å². The zero-order valence-electron chi connectivity index (χ0n) is 8.92. The molecule has 0 spiro atoms. The molecule has 80 valence electrons. The Balaban J connectivity index is 2.49. The molecule has 4 heteroatoms. The first-order valence-corrected chi connectivity index (χ1v) is 5.85. The summed E-state index contributed by atoms with van der Waals surface area (Å²) in [5.41, 5.74) is 2.68. The minimum absolute atomic E-state index is 0.767. The third-order valence-electron chi connectivity index (χ3n) is 2.27. The van der Waals surface area contributed by atoms with Gasteiger partial charge in [-0.25, -0.2) is 0 Å². The maximum atomic E-state index is 5.27. The second-order valence-electron chi connectivity index (χ2n) is 3.21. The molecular formula is C10H19N3S. The van der Waals surface area contributed by atoms with E-state index in [1.165, 1.54) is 9.75 Å². The fourth-order valence-electron chi connectivity index (χ4n) is 1.37. The van der Waals surface area contributed by atoms with Crippen LogP contribution >= 0.6 is 11.3 Å². The fourth-order valence-corrected chi connectivity index (χ4v) is 2.38. The van der Waals surface area contributed by atoms with Crippen molar-refractivity contribution in [1.82, 2.24) is 10.3 Å². The van der Waals surface area contributed by atoms with Crippen LogP contribution in [0.4, 0.5) is 0 Å². The lowest BCUT2D eigenvalue weighted by Gasteiger charge is -2.16. The van der Waals surface area contributed by atoms with E-state index in [9.17, 15) is 0 Å².